The Labute approximate surface area is 162 Å². The van der Waals surface area contributed by atoms with Gasteiger partial charge in [-0.15, -0.1) is 0 Å². The number of fused-ring (bicyclic) bond motifs is 3. The van der Waals surface area contributed by atoms with Crippen molar-refractivity contribution in [3.63, 3.8) is 0 Å². The van der Waals surface area contributed by atoms with E-state index in [9.17, 15) is 4.79 Å². The van der Waals surface area contributed by atoms with Crippen LogP contribution in [-0.4, -0.2) is 37.4 Å². The molecule has 4 nitrogen and oxygen atoms in total. The first kappa shape index (κ1) is 17.7. The Bertz CT molecular complexity index is 701. The topological polar surface area (TPSA) is 50.9 Å². The summed E-state index contributed by atoms with van der Waals surface area (Å²) in [5.74, 6) is 0.985. The maximum atomic E-state index is 12.6. The quantitative estimate of drug-likeness (QED) is 0.491. The molecule has 1 aromatic carbocycles. The van der Waals surface area contributed by atoms with E-state index in [1.165, 1.54) is 24.8 Å². The van der Waals surface area contributed by atoms with E-state index in [0.717, 1.165) is 39.0 Å². The third-order valence-corrected chi connectivity index (χ3v) is 7.88. The van der Waals surface area contributed by atoms with Crippen molar-refractivity contribution in [2.45, 2.75) is 57.2 Å². The van der Waals surface area contributed by atoms with Gasteiger partial charge >= 0.3 is 5.97 Å². The molecule has 0 aromatic heterocycles. The zero-order valence-electron chi connectivity index (χ0n) is 16.3. The minimum absolute atomic E-state index is 0.00745. The van der Waals surface area contributed by atoms with Crippen LogP contribution in [0.2, 0.25) is 0 Å². The van der Waals surface area contributed by atoms with Crippen LogP contribution in [0.25, 0.3) is 0 Å². The zero-order chi connectivity index (χ0) is 18.5. The molecule has 2 aliphatic heterocycles. The molecule has 1 aromatic rings. The Morgan fingerprint density at radius 2 is 2.04 bits per heavy atom. The lowest BCUT2D eigenvalue weighted by atomic mass is 9.53. The van der Waals surface area contributed by atoms with Crippen LogP contribution in [0.4, 0.5) is 0 Å². The number of esters is 1. The van der Waals surface area contributed by atoms with Gasteiger partial charge in [-0.25, -0.2) is 0 Å². The molecule has 0 unspecified atom stereocenters. The lowest BCUT2D eigenvalue weighted by molar-refractivity contribution is -0.147. The molecule has 4 aliphatic rings. The lowest BCUT2D eigenvalue weighted by Crippen LogP contribution is -2.51. The third-order valence-electron chi connectivity index (χ3n) is 7.88. The summed E-state index contributed by atoms with van der Waals surface area (Å²) in [5.41, 5.74) is 1.75. The van der Waals surface area contributed by atoms with Crippen molar-refractivity contribution in [2.75, 3.05) is 19.7 Å². The molecule has 2 aliphatic carbocycles. The van der Waals surface area contributed by atoms with Gasteiger partial charge in [0.25, 0.3) is 0 Å². The number of hydrogen-bond acceptors (Lipinski definition) is 4. The van der Waals surface area contributed by atoms with Crippen LogP contribution in [0.3, 0.4) is 0 Å². The summed E-state index contributed by atoms with van der Waals surface area (Å²) < 4.78 is 11.9. The SMILES string of the molecule is C[C@]12CCC[C@]3(CO3)[C@H]1C[C@H]1[C@@H](C2)OC(=O)[C@@H]1CNCCc1ccccc1. The largest absolute Gasteiger partial charge is 0.462 e. The second kappa shape index (κ2) is 6.59. The highest BCUT2D eigenvalue weighted by Crippen LogP contribution is 2.62. The summed E-state index contributed by atoms with van der Waals surface area (Å²) in [6, 6.07) is 10.5. The Balaban J connectivity index is 1.22. The van der Waals surface area contributed by atoms with E-state index in [-0.39, 0.29) is 29.0 Å². The van der Waals surface area contributed by atoms with E-state index >= 15 is 0 Å². The van der Waals surface area contributed by atoms with Gasteiger partial charge in [0.1, 0.15) is 6.10 Å². The van der Waals surface area contributed by atoms with Gasteiger partial charge in [-0.05, 0) is 62.0 Å². The molecular weight excluding hydrogens is 338 g/mol. The number of rotatable bonds is 5. The molecular formula is C23H31NO3. The predicted octanol–water partition coefficient (Wildman–Crippen LogP) is 3.35. The standard InChI is InChI=1S/C23H31NO3/c1-22-9-5-10-23(15-26-23)20(22)12-17-18(21(25)27-19(17)13-22)14-24-11-8-16-6-3-2-4-7-16/h2-4,6-7,17-20,24H,5,8-15H2,1H3/t17-,18-,19-,20+,22-,23+/m1/s1. The summed E-state index contributed by atoms with van der Waals surface area (Å²) in [7, 11) is 0. The van der Waals surface area contributed by atoms with Gasteiger partial charge in [-0.2, -0.15) is 0 Å². The van der Waals surface area contributed by atoms with Crippen LogP contribution in [0.1, 0.15) is 44.6 Å². The molecule has 0 bridgehead atoms. The number of carbonyl (C=O) groups is 1. The Kier molecular flexibility index (Phi) is 4.32. The van der Waals surface area contributed by atoms with Crippen LogP contribution in [0.15, 0.2) is 30.3 Å². The van der Waals surface area contributed by atoms with Crippen molar-refractivity contribution < 1.29 is 14.3 Å². The molecule has 4 fully saturated rings. The second-order valence-electron chi connectivity index (χ2n) is 9.54. The summed E-state index contributed by atoms with van der Waals surface area (Å²) in [4.78, 5) is 12.6. The van der Waals surface area contributed by atoms with Crippen molar-refractivity contribution in [1.82, 2.24) is 5.32 Å². The van der Waals surface area contributed by atoms with E-state index in [4.69, 9.17) is 9.47 Å². The van der Waals surface area contributed by atoms with E-state index in [2.05, 4.69) is 36.5 Å². The maximum Gasteiger partial charge on any atom is 0.310 e. The molecule has 1 N–H and O–H groups in total. The summed E-state index contributed by atoms with van der Waals surface area (Å²) in [6.45, 7) is 4.98. The van der Waals surface area contributed by atoms with E-state index in [1.54, 1.807) is 0 Å². The molecule has 5 rings (SSSR count). The molecule has 2 saturated heterocycles. The van der Waals surface area contributed by atoms with Crippen molar-refractivity contribution >= 4 is 5.97 Å². The van der Waals surface area contributed by atoms with Crippen LogP contribution < -0.4 is 5.32 Å². The fraction of sp³-hybridized carbons (Fsp3) is 0.696. The fourth-order valence-electron chi connectivity index (χ4n) is 6.33. The summed E-state index contributed by atoms with van der Waals surface area (Å²) in [6.07, 6.45) is 6.95. The highest BCUT2D eigenvalue weighted by molar-refractivity contribution is 5.75. The van der Waals surface area contributed by atoms with Crippen LogP contribution in [0, 0.1) is 23.2 Å². The van der Waals surface area contributed by atoms with Gasteiger partial charge in [0, 0.05) is 12.5 Å². The second-order valence-corrected chi connectivity index (χ2v) is 9.54. The number of benzene rings is 1. The summed E-state index contributed by atoms with van der Waals surface area (Å²) >= 11 is 0. The lowest BCUT2D eigenvalue weighted by Gasteiger charge is -2.51. The number of epoxide rings is 1. The first-order chi connectivity index (χ1) is 13.1. The number of nitrogens with one attached hydrogen (secondary N) is 1. The van der Waals surface area contributed by atoms with Crippen LogP contribution >= 0.6 is 0 Å². The fourth-order valence-corrected chi connectivity index (χ4v) is 6.33. The normalized spacial score (nSPS) is 42.5. The van der Waals surface area contributed by atoms with E-state index in [0.29, 0.717) is 11.8 Å². The van der Waals surface area contributed by atoms with Gasteiger partial charge in [0.2, 0.25) is 0 Å². The average Bonchev–Trinajstić information content (AvgIpc) is 3.36. The Morgan fingerprint density at radius 1 is 1.22 bits per heavy atom. The average molecular weight is 370 g/mol. The van der Waals surface area contributed by atoms with Crippen molar-refractivity contribution in [3.05, 3.63) is 35.9 Å². The molecule has 1 spiro atoms. The molecule has 2 heterocycles. The first-order valence-electron chi connectivity index (χ1n) is 10.7. The van der Waals surface area contributed by atoms with E-state index < -0.39 is 0 Å². The van der Waals surface area contributed by atoms with Crippen LogP contribution in [-0.2, 0) is 20.7 Å². The predicted molar refractivity (Wildman–Crippen MR) is 103 cm³/mol. The Hall–Kier alpha value is -1.39. The van der Waals surface area contributed by atoms with Gasteiger partial charge in [0.05, 0.1) is 18.1 Å². The molecule has 6 atom stereocenters. The van der Waals surface area contributed by atoms with Gasteiger partial charge in [-0.3, -0.25) is 4.79 Å². The van der Waals surface area contributed by atoms with Crippen molar-refractivity contribution in [2.24, 2.45) is 23.2 Å². The first-order valence-corrected chi connectivity index (χ1v) is 10.7. The molecule has 4 heteroatoms. The number of carbonyl (C=O) groups excluding carboxylic acids is 1. The van der Waals surface area contributed by atoms with Gasteiger partial charge in [-0.1, -0.05) is 37.3 Å². The smallest absolute Gasteiger partial charge is 0.310 e. The highest BCUT2D eigenvalue weighted by Gasteiger charge is 2.64. The van der Waals surface area contributed by atoms with Crippen molar-refractivity contribution in [3.8, 4) is 0 Å². The molecule has 27 heavy (non-hydrogen) atoms. The van der Waals surface area contributed by atoms with Crippen molar-refractivity contribution in [1.29, 1.82) is 0 Å². The summed E-state index contributed by atoms with van der Waals surface area (Å²) in [5, 5.41) is 3.53. The minimum Gasteiger partial charge on any atom is -0.462 e. The highest BCUT2D eigenvalue weighted by atomic mass is 16.6. The molecule has 0 radical (unpaired) electrons. The minimum atomic E-state index is 0.00745. The monoisotopic (exact) mass is 369 g/mol. The number of hydrogen-bond donors (Lipinski definition) is 1. The Morgan fingerprint density at radius 3 is 2.81 bits per heavy atom. The van der Waals surface area contributed by atoms with Gasteiger partial charge < -0.3 is 14.8 Å². The third kappa shape index (κ3) is 3.11. The van der Waals surface area contributed by atoms with E-state index in [1.807, 2.05) is 6.07 Å². The number of ether oxygens (including phenoxy) is 2. The maximum absolute atomic E-state index is 12.6. The van der Waals surface area contributed by atoms with Crippen LogP contribution in [0.5, 0.6) is 0 Å². The molecule has 0 amide bonds. The van der Waals surface area contributed by atoms with Gasteiger partial charge in [0.15, 0.2) is 0 Å². The molecule has 146 valence electrons. The molecule has 2 saturated carbocycles. The zero-order valence-corrected chi connectivity index (χ0v) is 16.3.